The smallest absolute Gasteiger partial charge is 0.236 e. The van der Waals surface area contributed by atoms with Crippen molar-refractivity contribution in [2.45, 2.75) is 32.2 Å². The summed E-state index contributed by atoms with van der Waals surface area (Å²) in [5, 5.41) is 0. The predicted molar refractivity (Wildman–Crippen MR) is 97.8 cm³/mol. The zero-order valence-corrected chi connectivity index (χ0v) is 15.1. The Morgan fingerprint density at radius 1 is 0.960 bits per heavy atom. The molecule has 2 fully saturated rings. The van der Waals surface area contributed by atoms with Crippen molar-refractivity contribution in [1.29, 1.82) is 0 Å². The number of piperidine rings is 1. The van der Waals surface area contributed by atoms with Crippen LogP contribution in [0.25, 0.3) is 0 Å². The molecule has 2 saturated heterocycles. The van der Waals surface area contributed by atoms with Crippen molar-refractivity contribution < 1.29 is 9.53 Å². The number of hydrogen-bond donors (Lipinski definition) is 0. The van der Waals surface area contributed by atoms with Crippen molar-refractivity contribution in [1.82, 2.24) is 14.7 Å². The van der Waals surface area contributed by atoms with Crippen molar-refractivity contribution in [2.75, 3.05) is 52.4 Å². The number of hydrogen-bond acceptors (Lipinski definition) is 4. The molecule has 0 spiro atoms. The Morgan fingerprint density at radius 3 is 2.52 bits per heavy atom. The van der Waals surface area contributed by atoms with Crippen LogP contribution in [0.3, 0.4) is 0 Å². The van der Waals surface area contributed by atoms with E-state index in [0.717, 1.165) is 64.6 Å². The third kappa shape index (κ3) is 4.15. The molecule has 136 valence electrons. The normalized spacial score (nSPS) is 21.8. The van der Waals surface area contributed by atoms with Gasteiger partial charge in [-0.3, -0.25) is 14.6 Å². The molecule has 4 rings (SSSR count). The third-order valence-corrected chi connectivity index (χ3v) is 5.69. The lowest BCUT2D eigenvalue weighted by molar-refractivity contribution is -0.133. The summed E-state index contributed by atoms with van der Waals surface area (Å²) in [4.78, 5) is 19.3. The Kier molecular flexibility index (Phi) is 5.22. The van der Waals surface area contributed by atoms with Gasteiger partial charge >= 0.3 is 0 Å². The summed E-state index contributed by atoms with van der Waals surface area (Å²) < 4.78 is 5.59. The summed E-state index contributed by atoms with van der Waals surface area (Å²) in [7, 11) is 0. The van der Waals surface area contributed by atoms with E-state index in [-0.39, 0.29) is 0 Å². The molecule has 0 saturated carbocycles. The largest absolute Gasteiger partial charge is 0.493 e. The van der Waals surface area contributed by atoms with Crippen LogP contribution < -0.4 is 4.74 Å². The molecule has 25 heavy (non-hydrogen) atoms. The summed E-state index contributed by atoms with van der Waals surface area (Å²) in [5.41, 5.74) is 2.73. The van der Waals surface area contributed by atoms with Crippen LogP contribution in [0.4, 0.5) is 0 Å². The lowest BCUT2D eigenvalue weighted by Gasteiger charge is -2.36. The third-order valence-electron chi connectivity index (χ3n) is 5.69. The number of benzene rings is 1. The Morgan fingerprint density at radius 2 is 1.72 bits per heavy atom. The van der Waals surface area contributed by atoms with Gasteiger partial charge in [-0.05, 0) is 36.5 Å². The number of likely N-dealkylation sites (tertiary alicyclic amines) is 1. The SMILES string of the molecule is O=C(CN1CCN(Cc2ccc3c(c2)CCO3)CC1)N1CCCCC1. The number of rotatable bonds is 4. The van der Waals surface area contributed by atoms with Gasteiger partial charge in [-0.2, -0.15) is 0 Å². The molecule has 1 aromatic rings. The fourth-order valence-electron chi connectivity index (χ4n) is 4.14. The molecule has 1 aromatic carbocycles. The lowest BCUT2D eigenvalue weighted by Crippen LogP contribution is -2.50. The molecule has 0 bridgehead atoms. The van der Waals surface area contributed by atoms with Crippen LogP contribution in [0, 0.1) is 0 Å². The van der Waals surface area contributed by atoms with Crippen molar-refractivity contribution in [2.24, 2.45) is 0 Å². The molecule has 0 aliphatic carbocycles. The summed E-state index contributed by atoms with van der Waals surface area (Å²) >= 11 is 0. The van der Waals surface area contributed by atoms with Gasteiger partial charge in [-0.15, -0.1) is 0 Å². The number of amides is 1. The monoisotopic (exact) mass is 343 g/mol. The average Bonchev–Trinajstić information content (AvgIpc) is 3.12. The topological polar surface area (TPSA) is 36.0 Å². The van der Waals surface area contributed by atoms with E-state index in [1.165, 1.54) is 30.4 Å². The predicted octanol–water partition coefficient (Wildman–Crippen LogP) is 1.75. The maximum Gasteiger partial charge on any atom is 0.236 e. The van der Waals surface area contributed by atoms with Gasteiger partial charge in [-0.25, -0.2) is 0 Å². The second-order valence-corrected chi connectivity index (χ2v) is 7.53. The molecule has 3 heterocycles. The first-order valence-corrected chi connectivity index (χ1v) is 9.75. The van der Waals surface area contributed by atoms with E-state index in [9.17, 15) is 4.79 Å². The summed E-state index contributed by atoms with van der Waals surface area (Å²) in [5.74, 6) is 1.39. The van der Waals surface area contributed by atoms with E-state index in [4.69, 9.17) is 4.74 Å². The maximum atomic E-state index is 12.4. The second kappa shape index (κ2) is 7.75. The fraction of sp³-hybridized carbons (Fsp3) is 0.650. The molecule has 3 aliphatic rings. The van der Waals surface area contributed by atoms with Gasteiger partial charge in [0.25, 0.3) is 0 Å². The van der Waals surface area contributed by atoms with Crippen LogP contribution in [0.15, 0.2) is 18.2 Å². The minimum Gasteiger partial charge on any atom is -0.493 e. The molecule has 3 aliphatic heterocycles. The highest BCUT2D eigenvalue weighted by atomic mass is 16.5. The quantitative estimate of drug-likeness (QED) is 0.835. The van der Waals surface area contributed by atoms with E-state index >= 15 is 0 Å². The fourth-order valence-corrected chi connectivity index (χ4v) is 4.14. The molecular formula is C20H29N3O2. The standard InChI is InChI=1S/C20H29N3O2/c24-20(23-7-2-1-3-8-23)16-22-11-9-21(10-12-22)15-17-4-5-19-18(14-17)6-13-25-19/h4-5,14H,1-3,6-13,15-16H2. The van der Waals surface area contributed by atoms with E-state index in [0.29, 0.717) is 12.5 Å². The van der Waals surface area contributed by atoms with Crippen LogP contribution in [-0.2, 0) is 17.8 Å². The molecule has 1 amide bonds. The first-order chi connectivity index (χ1) is 12.3. The summed E-state index contributed by atoms with van der Waals surface area (Å²) in [6, 6.07) is 6.61. The zero-order valence-electron chi connectivity index (χ0n) is 15.1. The first kappa shape index (κ1) is 16.9. The van der Waals surface area contributed by atoms with Gasteiger partial charge in [-0.1, -0.05) is 12.1 Å². The van der Waals surface area contributed by atoms with Crippen LogP contribution in [0.1, 0.15) is 30.4 Å². The minimum atomic E-state index is 0.326. The van der Waals surface area contributed by atoms with Gasteiger partial charge in [0.05, 0.1) is 13.2 Å². The van der Waals surface area contributed by atoms with Crippen molar-refractivity contribution in [3.63, 3.8) is 0 Å². The van der Waals surface area contributed by atoms with E-state index < -0.39 is 0 Å². The molecule has 0 radical (unpaired) electrons. The molecule has 0 N–H and O–H groups in total. The number of nitrogens with zero attached hydrogens (tertiary/aromatic N) is 3. The molecular weight excluding hydrogens is 314 g/mol. The minimum absolute atomic E-state index is 0.326. The number of carbonyl (C=O) groups excluding carboxylic acids is 1. The Balaban J connectivity index is 1.23. The first-order valence-electron chi connectivity index (χ1n) is 9.75. The second-order valence-electron chi connectivity index (χ2n) is 7.53. The molecule has 5 heteroatoms. The molecule has 0 aromatic heterocycles. The molecule has 0 unspecified atom stereocenters. The van der Waals surface area contributed by atoms with E-state index in [2.05, 4.69) is 32.9 Å². The number of ether oxygens (including phenoxy) is 1. The summed E-state index contributed by atoms with van der Waals surface area (Å²) in [6.45, 7) is 8.42. The number of piperazine rings is 1. The highest BCUT2D eigenvalue weighted by Crippen LogP contribution is 2.26. The lowest BCUT2D eigenvalue weighted by atomic mass is 10.1. The highest BCUT2D eigenvalue weighted by Gasteiger charge is 2.23. The van der Waals surface area contributed by atoms with E-state index in [1.807, 2.05) is 0 Å². The summed E-state index contributed by atoms with van der Waals surface area (Å²) in [6.07, 6.45) is 4.66. The van der Waals surface area contributed by atoms with Crippen molar-refractivity contribution in [3.05, 3.63) is 29.3 Å². The van der Waals surface area contributed by atoms with Crippen molar-refractivity contribution >= 4 is 5.91 Å². The number of carbonyl (C=O) groups is 1. The van der Waals surface area contributed by atoms with Crippen LogP contribution in [0.5, 0.6) is 5.75 Å². The van der Waals surface area contributed by atoms with Crippen LogP contribution in [0.2, 0.25) is 0 Å². The maximum absolute atomic E-state index is 12.4. The van der Waals surface area contributed by atoms with Gasteiger partial charge in [0.15, 0.2) is 0 Å². The van der Waals surface area contributed by atoms with Crippen molar-refractivity contribution in [3.8, 4) is 5.75 Å². The molecule has 0 atom stereocenters. The number of fused-ring (bicyclic) bond motifs is 1. The van der Waals surface area contributed by atoms with Crippen LogP contribution in [-0.4, -0.2) is 73.0 Å². The van der Waals surface area contributed by atoms with Gasteiger partial charge in [0, 0.05) is 52.2 Å². The van der Waals surface area contributed by atoms with Gasteiger partial charge < -0.3 is 9.64 Å². The van der Waals surface area contributed by atoms with Gasteiger partial charge in [0.1, 0.15) is 5.75 Å². The Bertz CT molecular complexity index is 605. The zero-order chi connectivity index (χ0) is 17.1. The Labute approximate surface area is 150 Å². The Hall–Kier alpha value is -1.59. The van der Waals surface area contributed by atoms with E-state index in [1.54, 1.807) is 0 Å². The van der Waals surface area contributed by atoms with Crippen LogP contribution >= 0.6 is 0 Å². The average molecular weight is 343 g/mol. The molecule has 5 nitrogen and oxygen atoms in total. The highest BCUT2D eigenvalue weighted by molar-refractivity contribution is 5.78. The van der Waals surface area contributed by atoms with Gasteiger partial charge in [0.2, 0.25) is 5.91 Å².